The number of rotatable bonds is 8. The fourth-order valence-corrected chi connectivity index (χ4v) is 3.25. The first kappa shape index (κ1) is 16.1. The second-order valence-electron chi connectivity index (χ2n) is 5.42. The van der Waals surface area contributed by atoms with Crippen molar-refractivity contribution >= 4 is 11.3 Å². The zero-order valence-electron chi connectivity index (χ0n) is 13.2. The van der Waals surface area contributed by atoms with Gasteiger partial charge in [0.05, 0.1) is 11.4 Å². The van der Waals surface area contributed by atoms with Crippen LogP contribution in [0.4, 0.5) is 0 Å². The van der Waals surface area contributed by atoms with Crippen molar-refractivity contribution in [3.8, 4) is 0 Å². The Bertz CT molecular complexity index is 537. The molecule has 1 N–H and O–H groups in total. The molecule has 21 heavy (non-hydrogen) atoms. The quantitative estimate of drug-likeness (QED) is 0.798. The van der Waals surface area contributed by atoms with Crippen LogP contribution < -0.4 is 5.32 Å². The molecule has 0 amide bonds. The van der Waals surface area contributed by atoms with Gasteiger partial charge in [0.25, 0.3) is 0 Å². The molecule has 3 nitrogen and oxygen atoms in total. The Hall–Kier alpha value is -1.26. The van der Waals surface area contributed by atoms with Crippen LogP contribution in [0.2, 0.25) is 0 Å². The normalized spacial score (nSPS) is 12.5. The molecule has 2 rings (SSSR count). The summed E-state index contributed by atoms with van der Waals surface area (Å²) >= 11 is 1.77. The number of hydrogen-bond acceptors (Lipinski definition) is 4. The van der Waals surface area contributed by atoms with E-state index in [9.17, 15) is 0 Å². The van der Waals surface area contributed by atoms with Crippen molar-refractivity contribution in [2.75, 3.05) is 6.54 Å². The lowest BCUT2D eigenvalue weighted by molar-refractivity contribution is 0.492. The highest BCUT2D eigenvalue weighted by molar-refractivity contribution is 7.07. The lowest BCUT2D eigenvalue weighted by Crippen LogP contribution is -2.24. The average Bonchev–Trinajstić information content (AvgIpc) is 3.01. The van der Waals surface area contributed by atoms with E-state index < -0.39 is 0 Å². The van der Waals surface area contributed by atoms with E-state index in [0.717, 1.165) is 43.6 Å². The summed E-state index contributed by atoms with van der Waals surface area (Å²) in [6.07, 6.45) is 4.30. The lowest BCUT2D eigenvalue weighted by Gasteiger charge is -2.21. The van der Waals surface area contributed by atoms with Crippen LogP contribution in [-0.4, -0.2) is 16.7 Å². The SMILES string of the molecule is CCCNC(CCc1ccsc1)c1cc(C)nnc1CC. The molecule has 0 bridgehead atoms. The Labute approximate surface area is 131 Å². The average molecular weight is 303 g/mol. The first-order valence-electron chi connectivity index (χ1n) is 7.82. The summed E-state index contributed by atoms with van der Waals surface area (Å²) in [7, 11) is 0. The van der Waals surface area contributed by atoms with Crippen LogP contribution in [0.15, 0.2) is 22.9 Å². The van der Waals surface area contributed by atoms with Gasteiger partial charge in [0.15, 0.2) is 0 Å². The molecule has 1 unspecified atom stereocenters. The lowest BCUT2D eigenvalue weighted by atomic mass is 9.97. The molecule has 2 heterocycles. The number of nitrogens with one attached hydrogen (secondary N) is 1. The Morgan fingerprint density at radius 1 is 1.29 bits per heavy atom. The second kappa shape index (κ2) is 8.25. The third-order valence-corrected chi connectivity index (χ3v) is 4.41. The van der Waals surface area contributed by atoms with Crippen molar-refractivity contribution in [3.05, 3.63) is 45.4 Å². The van der Waals surface area contributed by atoms with Crippen LogP contribution in [0.25, 0.3) is 0 Å². The molecule has 0 aliphatic heterocycles. The highest BCUT2D eigenvalue weighted by atomic mass is 32.1. The summed E-state index contributed by atoms with van der Waals surface area (Å²) in [5, 5.41) is 16.7. The van der Waals surface area contributed by atoms with Crippen LogP contribution >= 0.6 is 11.3 Å². The minimum Gasteiger partial charge on any atom is -0.310 e. The van der Waals surface area contributed by atoms with Gasteiger partial charge in [0.1, 0.15) is 0 Å². The topological polar surface area (TPSA) is 37.8 Å². The third-order valence-electron chi connectivity index (χ3n) is 3.68. The second-order valence-corrected chi connectivity index (χ2v) is 6.20. The predicted molar refractivity (Wildman–Crippen MR) is 89.8 cm³/mol. The zero-order valence-corrected chi connectivity index (χ0v) is 14.0. The van der Waals surface area contributed by atoms with Gasteiger partial charge in [-0.2, -0.15) is 21.5 Å². The Kier molecular flexibility index (Phi) is 6.33. The van der Waals surface area contributed by atoms with E-state index in [4.69, 9.17) is 0 Å². The van der Waals surface area contributed by atoms with Crippen molar-refractivity contribution in [1.82, 2.24) is 15.5 Å². The van der Waals surface area contributed by atoms with Crippen molar-refractivity contribution in [2.45, 2.75) is 52.5 Å². The van der Waals surface area contributed by atoms with E-state index in [1.54, 1.807) is 11.3 Å². The maximum absolute atomic E-state index is 4.38. The van der Waals surface area contributed by atoms with Gasteiger partial charge in [-0.25, -0.2) is 0 Å². The number of hydrogen-bond donors (Lipinski definition) is 1. The van der Waals surface area contributed by atoms with Crippen LogP contribution in [0.3, 0.4) is 0 Å². The van der Waals surface area contributed by atoms with E-state index >= 15 is 0 Å². The van der Waals surface area contributed by atoms with Crippen LogP contribution in [-0.2, 0) is 12.8 Å². The molecule has 0 saturated carbocycles. The molecule has 0 spiro atoms. The van der Waals surface area contributed by atoms with E-state index in [-0.39, 0.29) is 0 Å². The van der Waals surface area contributed by atoms with Crippen LogP contribution in [0, 0.1) is 6.92 Å². The number of thiophene rings is 1. The molecule has 0 aliphatic carbocycles. The van der Waals surface area contributed by atoms with Crippen LogP contribution in [0.1, 0.15) is 55.2 Å². The molecule has 1 atom stereocenters. The Morgan fingerprint density at radius 3 is 2.81 bits per heavy atom. The number of nitrogens with zero attached hydrogens (tertiary/aromatic N) is 2. The van der Waals surface area contributed by atoms with Gasteiger partial charge in [-0.15, -0.1) is 0 Å². The van der Waals surface area contributed by atoms with Crippen LogP contribution in [0.5, 0.6) is 0 Å². The Morgan fingerprint density at radius 2 is 2.14 bits per heavy atom. The summed E-state index contributed by atoms with van der Waals surface area (Å²) in [5.74, 6) is 0. The standard InChI is InChI=1S/C17H25N3S/c1-4-9-18-17(7-6-14-8-10-21-12-14)15-11-13(3)19-20-16(15)5-2/h8,10-12,17-18H,4-7,9H2,1-3H3. The monoisotopic (exact) mass is 303 g/mol. The molecule has 0 fully saturated rings. The third kappa shape index (κ3) is 4.61. The highest BCUT2D eigenvalue weighted by Gasteiger charge is 2.16. The number of aryl methyl sites for hydroxylation is 3. The molecule has 2 aromatic heterocycles. The van der Waals surface area contributed by atoms with Gasteiger partial charge in [0.2, 0.25) is 0 Å². The molecule has 4 heteroatoms. The number of aromatic nitrogens is 2. The minimum atomic E-state index is 0.369. The molecular formula is C17H25N3S. The van der Waals surface area contributed by atoms with Gasteiger partial charge in [-0.05, 0) is 73.2 Å². The molecule has 0 radical (unpaired) electrons. The van der Waals surface area contributed by atoms with Gasteiger partial charge >= 0.3 is 0 Å². The molecule has 0 aromatic carbocycles. The van der Waals surface area contributed by atoms with E-state index in [1.165, 1.54) is 11.1 Å². The van der Waals surface area contributed by atoms with Gasteiger partial charge in [-0.1, -0.05) is 13.8 Å². The fourth-order valence-electron chi connectivity index (χ4n) is 2.54. The van der Waals surface area contributed by atoms with E-state index in [1.807, 2.05) is 6.92 Å². The summed E-state index contributed by atoms with van der Waals surface area (Å²) in [5.41, 5.74) is 4.88. The zero-order chi connectivity index (χ0) is 15.1. The summed E-state index contributed by atoms with van der Waals surface area (Å²) in [6, 6.07) is 4.79. The molecular weight excluding hydrogens is 278 g/mol. The smallest absolute Gasteiger partial charge is 0.0676 e. The Balaban J connectivity index is 2.16. The van der Waals surface area contributed by atoms with Gasteiger partial charge in [0, 0.05) is 6.04 Å². The van der Waals surface area contributed by atoms with E-state index in [0.29, 0.717) is 6.04 Å². The fraction of sp³-hybridized carbons (Fsp3) is 0.529. The summed E-state index contributed by atoms with van der Waals surface area (Å²) in [6.45, 7) is 7.42. The van der Waals surface area contributed by atoms with Crippen molar-refractivity contribution in [2.24, 2.45) is 0 Å². The molecule has 0 aliphatic rings. The maximum Gasteiger partial charge on any atom is 0.0676 e. The maximum atomic E-state index is 4.38. The first-order valence-corrected chi connectivity index (χ1v) is 8.76. The van der Waals surface area contributed by atoms with Crippen molar-refractivity contribution < 1.29 is 0 Å². The van der Waals surface area contributed by atoms with E-state index in [2.05, 4.69) is 52.3 Å². The highest BCUT2D eigenvalue weighted by Crippen LogP contribution is 2.23. The van der Waals surface area contributed by atoms with Gasteiger partial charge < -0.3 is 5.32 Å². The van der Waals surface area contributed by atoms with Crippen molar-refractivity contribution in [3.63, 3.8) is 0 Å². The first-order chi connectivity index (χ1) is 10.2. The minimum absolute atomic E-state index is 0.369. The largest absolute Gasteiger partial charge is 0.310 e. The van der Waals surface area contributed by atoms with Crippen molar-refractivity contribution in [1.29, 1.82) is 0 Å². The van der Waals surface area contributed by atoms with Gasteiger partial charge in [-0.3, -0.25) is 0 Å². The molecule has 114 valence electrons. The molecule has 2 aromatic rings. The predicted octanol–water partition coefficient (Wildman–Crippen LogP) is 4.08. The summed E-state index contributed by atoms with van der Waals surface area (Å²) in [4.78, 5) is 0. The summed E-state index contributed by atoms with van der Waals surface area (Å²) < 4.78 is 0. The molecule has 0 saturated heterocycles.